The molecule has 1 N–H and O–H groups in total. The van der Waals surface area contributed by atoms with Gasteiger partial charge in [0.2, 0.25) is 0 Å². The lowest BCUT2D eigenvalue weighted by molar-refractivity contribution is -0.125. The van der Waals surface area contributed by atoms with E-state index in [1.165, 1.54) is 11.1 Å². The van der Waals surface area contributed by atoms with Gasteiger partial charge in [-0.2, -0.15) is 5.26 Å². The van der Waals surface area contributed by atoms with E-state index in [0.29, 0.717) is 13.1 Å². The molecule has 0 aliphatic rings. The van der Waals surface area contributed by atoms with E-state index in [4.69, 9.17) is 0 Å². The molecular weight excluding hydrogens is 288 g/mol. The highest BCUT2D eigenvalue weighted by Crippen LogP contribution is 2.16. The van der Waals surface area contributed by atoms with Crippen LogP contribution in [0.5, 0.6) is 0 Å². The first kappa shape index (κ1) is 18.1. The lowest BCUT2D eigenvalue weighted by Gasteiger charge is -2.18. The average molecular weight is 310 g/mol. The number of rotatable bonds is 8. The van der Waals surface area contributed by atoms with Crippen molar-refractivity contribution in [3.63, 3.8) is 0 Å². The standard InChI is InChI=1S/C18H22N4O/c1-5-11-22(12-6-2)18(23)15(13-19)14-20-16-7-9-17(10-8-16)21(3)4/h5-10,14,20H,1-2,11-12H2,3-4H3/b15-14-. The van der Waals surface area contributed by atoms with Gasteiger partial charge in [-0.05, 0) is 24.3 Å². The average Bonchev–Trinajstić information content (AvgIpc) is 2.55. The topological polar surface area (TPSA) is 59.4 Å². The van der Waals surface area contributed by atoms with Gasteiger partial charge in [0.25, 0.3) is 5.91 Å². The molecule has 1 aromatic carbocycles. The zero-order chi connectivity index (χ0) is 17.2. The second-order valence-electron chi connectivity index (χ2n) is 5.04. The van der Waals surface area contributed by atoms with Gasteiger partial charge in [-0.25, -0.2) is 0 Å². The Bertz CT molecular complexity index is 613. The van der Waals surface area contributed by atoms with E-state index in [1.807, 2.05) is 49.3 Å². The highest BCUT2D eigenvalue weighted by molar-refractivity contribution is 5.97. The second-order valence-corrected chi connectivity index (χ2v) is 5.04. The van der Waals surface area contributed by atoms with Gasteiger partial charge in [-0.1, -0.05) is 12.2 Å². The molecule has 0 spiro atoms. The van der Waals surface area contributed by atoms with Gasteiger partial charge in [0, 0.05) is 44.8 Å². The molecule has 0 saturated carbocycles. The molecule has 23 heavy (non-hydrogen) atoms. The van der Waals surface area contributed by atoms with E-state index in [-0.39, 0.29) is 11.5 Å². The number of benzene rings is 1. The fourth-order valence-corrected chi connectivity index (χ4v) is 1.88. The van der Waals surface area contributed by atoms with Crippen molar-refractivity contribution in [2.24, 2.45) is 0 Å². The van der Waals surface area contributed by atoms with Gasteiger partial charge in [-0.3, -0.25) is 4.79 Å². The molecule has 0 aliphatic carbocycles. The minimum Gasteiger partial charge on any atom is -0.378 e. The van der Waals surface area contributed by atoms with Crippen LogP contribution in [0.4, 0.5) is 11.4 Å². The van der Waals surface area contributed by atoms with E-state index in [0.717, 1.165) is 11.4 Å². The molecule has 0 bridgehead atoms. The molecule has 0 unspecified atom stereocenters. The Labute approximate surface area is 137 Å². The van der Waals surface area contributed by atoms with Crippen molar-refractivity contribution in [3.8, 4) is 6.07 Å². The quantitative estimate of drug-likeness (QED) is 0.456. The van der Waals surface area contributed by atoms with Crippen LogP contribution < -0.4 is 10.2 Å². The highest BCUT2D eigenvalue weighted by Gasteiger charge is 2.15. The Balaban J connectivity index is 2.85. The smallest absolute Gasteiger partial charge is 0.266 e. The largest absolute Gasteiger partial charge is 0.378 e. The summed E-state index contributed by atoms with van der Waals surface area (Å²) in [5, 5.41) is 12.2. The number of carbonyl (C=O) groups is 1. The highest BCUT2D eigenvalue weighted by atomic mass is 16.2. The molecular formula is C18H22N4O. The number of nitrogens with one attached hydrogen (secondary N) is 1. The third-order valence-corrected chi connectivity index (χ3v) is 3.10. The van der Waals surface area contributed by atoms with E-state index in [9.17, 15) is 10.1 Å². The molecule has 1 aromatic rings. The van der Waals surface area contributed by atoms with Crippen molar-refractivity contribution in [2.45, 2.75) is 0 Å². The van der Waals surface area contributed by atoms with Gasteiger partial charge < -0.3 is 15.1 Å². The Morgan fingerprint density at radius 2 is 1.78 bits per heavy atom. The van der Waals surface area contributed by atoms with Crippen molar-refractivity contribution in [1.29, 1.82) is 5.26 Å². The summed E-state index contributed by atoms with van der Waals surface area (Å²) in [6.45, 7) is 7.96. The Kier molecular flexibility index (Phi) is 7.15. The summed E-state index contributed by atoms with van der Waals surface area (Å²) in [4.78, 5) is 15.8. The van der Waals surface area contributed by atoms with Crippen molar-refractivity contribution in [3.05, 3.63) is 61.3 Å². The lowest BCUT2D eigenvalue weighted by Crippen LogP contribution is -2.32. The number of anilines is 2. The minimum atomic E-state index is -0.357. The van der Waals surface area contributed by atoms with Crippen LogP contribution in [0.2, 0.25) is 0 Å². The molecule has 1 rings (SSSR count). The predicted molar refractivity (Wildman–Crippen MR) is 95.1 cm³/mol. The van der Waals surface area contributed by atoms with Crippen LogP contribution >= 0.6 is 0 Å². The van der Waals surface area contributed by atoms with Gasteiger partial charge in [0.15, 0.2) is 0 Å². The molecule has 0 heterocycles. The molecule has 5 heteroatoms. The minimum absolute atomic E-state index is 0.0328. The zero-order valence-corrected chi connectivity index (χ0v) is 13.6. The third kappa shape index (κ3) is 5.36. The predicted octanol–water partition coefficient (Wildman–Crippen LogP) is 2.77. The lowest BCUT2D eigenvalue weighted by atomic mass is 10.2. The fraction of sp³-hybridized carbons (Fsp3) is 0.222. The van der Waals surface area contributed by atoms with Gasteiger partial charge >= 0.3 is 0 Å². The molecule has 120 valence electrons. The van der Waals surface area contributed by atoms with Gasteiger partial charge in [-0.15, -0.1) is 13.2 Å². The maximum Gasteiger partial charge on any atom is 0.266 e. The number of amides is 1. The van der Waals surface area contributed by atoms with Crippen LogP contribution in [0.15, 0.2) is 61.3 Å². The first-order valence-corrected chi connectivity index (χ1v) is 7.18. The molecule has 5 nitrogen and oxygen atoms in total. The zero-order valence-electron chi connectivity index (χ0n) is 13.6. The fourth-order valence-electron chi connectivity index (χ4n) is 1.88. The van der Waals surface area contributed by atoms with Crippen molar-refractivity contribution in [2.75, 3.05) is 37.4 Å². The number of hydrogen-bond donors (Lipinski definition) is 1. The molecule has 0 fully saturated rings. The van der Waals surface area contributed by atoms with E-state index < -0.39 is 0 Å². The first-order valence-electron chi connectivity index (χ1n) is 7.18. The monoisotopic (exact) mass is 310 g/mol. The van der Waals surface area contributed by atoms with Crippen molar-refractivity contribution < 1.29 is 4.79 Å². The van der Waals surface area contributed by atoms with Crippen LogP contribution in [0.1, 0.15) is 0 Å². The summed E-state index contributed by atoms with van der Waals surface area (Å²) in [5.74, 6) is -0.357. The molecule has 0 saturated heterocycles. The van der Waals surface area contributed by atoms with Crippen LogP contribution in [-0.2, 0) is 4.79 Å². The summed E-state index contributed by atoms with van der Waals surface area (Å²) in [7, 11) is 3.92. The maximum atomic E-state index is 12.3. The number of hydrogen-bond acceptors (Lipinski definition) is 4. The molecule has 0 aliphatic heterocycles. The number of carbonyl (C=O) groups excluding carboxylic acids is 1. The van der Waals surface area contributed by atoms with Crippen LogP contribution in [0, 0.1) is 11.3 Å². The van der Waals surface area contributed by atoms with E-state index in [1.54, 1.807) is 12.2 Å². The van der Waals surface area contributed by atoms with Gasteiger partial charge in [0.1, 0.15) is 11.6 Å². The Morgan fingerprint density at radius 3 is 2.22 bits per heavy atom. The molecule has 0 atom stereocenters. The van der Waals surface area contributed by atoms with E-state index in [2.05, 4.69) is 18.5 Å². The van der Waals surface area contributed by atoms with Crippen LogP contribution in [0.3, 0.4) is 0 Å². The summed E-state index contributed by atoms with van der Waals surface area (Å²) in [6, 6.07) is 9.60. The van der Waals surface area contributed by atoms with Crippen molar-refractivity contribution in [1.82, 2.24) is 4.90 Å². The van der Waals surface area contributed by atoms with Crippen LogP contribution in [0.25, 0.3) is 0 Å². The van der Waals surface area contributed by atoms with Gasteiger partial charge in [0.05, 0.1) is 0 Å². The molecule has 0 radical (unpaired) electrons. The number of nitrogens with zero attached hydrogens (tertiary/aromatic N) is 3. The number of nitriles is 1. The molecule has 0 aromatic heterocycles. The van der Waals surface area contributed by atoms with Crippen LogP contribution in [-0.4, -0.2) is 38.0 Å². The summed E-state index contributed by atoms with van der Waals surface area (Å²) in [5.41, 5.74) is 1.90. The third-order valence-electron chi connectivity index (χ3n) is 3.10. The summed E-state index contributed by atoms with van der Waals surface area (Å²) >= 11 is 0. The summed E-state index contributed by atoms with van der Waals surface area (Å²) in [6.07, 6.45) is 4.65. The molecule has 1 amide bonds. The SMILES string of the molecule is C=CCN(CC=C)C(=O)/C(C#N)=C\Nc1ccc(N(C)C)cc1. The first-order chi connectivity index (χ1) is 11.0. The Hall–Kier alpha value is -3.00. The second kappa shape index (κ2) is 9.11. The normalized spacial score (nSPS) is 10.4. The van der Waals surface area contributed by atoms with Crippen molar-refractivity contribution >= 4 is 17.3 Å². The summed E-state index contributed by atoms with van der Waals surface area (Å²) < 4.78 is 0. The van der Waals surface area contributed by atoms with E-state index >= 15 is 0 Å². The Morgan fingerprint density at radius 1 is 1.22 bits per heavy atom. The maximum absolute atomic E-state index is 12.3.